The Morgan fingerprint density at radius 2 is 0.530 bits per heavy atom. The van der Waals surface area contributed by atoms with Gasteiger partial charge >= 0.3 is 39.5 Å². The summed E-state index contributed by atoms with van der Waals surface area (Å²) >= 11 is 0. The van der Waals surface area contributed by atoms with E-state index >= 15 is 0 Å². The van der Waals surface area contributed by atoms with Gasteiger partial charge in [-0.15, -0.1) is 0 Å². The maximum Gasteiger partial charge on any atom is 0.472 e. The van der Waals surface area contributed by atoms with Crippen LogP contribution in [0.25, 0.3) is 0 Å². The van der Waals surface area contributed by atoms with Crippen LogP contribution in [0.5, 0.6) is 0 Å². The largest absolute Gasteiger partial charge is 0.472 e. The quantitative estimate of drug-likeness (QED) is 0.0128. The van der Waals surface area contributed by atoms with E-state index in [1.807, 2.05) is 12.2 Å². The van der Waals surface area contributed by atoms with Gasteiger partial charge in [0.2, 0.25) is 0 Å². The van der Waals surface area contributed by atoms with Gasteiger partial charge in [0.15, 0.2) is 12.2 Å². The Labute approximate surface area is 607 Å². The molecular weight excluding hydrogens is 1310 g/mol. The van der Waals surface area contributed by atoms with Crippen molar-refractivity contribution in [3.05, 3.63) is 97.2 Å². The smallest absolute Gasteiger partial charge is 0.462 e. The minimum absolute atomic E-state index is 0.0205. The highest BCUT2D eigenvalue weighted by Gasteiger charge is 2.30. The lowest BCUT2D eigenvalue weighted by atomic mass is 10.0. The van der Waals surface area contributed by atoms with Crippen molar-refractivity contribution in [2.75, 3.05) is 39.6 Å². The third-order valence-corrected chi connectivity index (χ3v) is 18.4. The van der Waals surface area contributed by atoms with Crippen molar-refractivity contribution in [1.29, 1.82) is 0 Å². The van der Waals surface area contributed by atoms with Crippen molar-refractivity contribution >= 4 is 39.5 Å². The summed E-state index contributed by atoms with van der Waals surface area (Å²) in [4.78, 5) is 72.9. The third kappa shape index (κ3) is 72.3. The first kappa shape index (κ1) is 96.0. The van der Waals surface area contributed by atoms with Crippen LogP contribution >= 0.6 is 15.6 Å². The van der Waals surface area contributed by atoms with Gasteiger partial charge in [-0.3, -0.25) is 37.3 Å². The number of unbranched alkanes of at least 4 members (excludes halogenated alkanes) is 33. The number of allylic oxidation sites excluding steroid dienone is 16. The second-order valence-corrected chi connectivity index (χ2v) is 29.2. The first-order valence-corrected chi connectivity index (χ1v) is 42.5. The number of aliphatic hydroxyl groups excluding tert-OH is 1. The first-order chi connectivity index (χ1) is 48.7. The summed E-state index contributed by atoms with van der Waals surface area (Å²) in [7, 11) is -9.97. The van der Waals surface area contributed by atoms with Crippen LogP contribution in [-0.2, 0) is 65.4 Å². The van der Waals surface area contributed by atoms with Gasteiger partial charge in [-0.05, 0) is 122 Å². The summed E-state index contributed by atoms with van der Waals surface area (Å²) in [5.74, 6) is -2.26. The standard InChI is InChI=1S/C81H142O17P2/c1-5-9-13-17-21-25-29-33-36-37-40-44-48-52-56-60-64-68-81(86)98-76(71-91-78(83)65-61-57-53-49-45-41-32-28-24-20-16-12-8-4)73-95-99(87,88)93-69-75(82)70-94-100(89,90)96-74-77(97-80(85)67-63-59-55-51-47-43-39-35-31-27-23-19-15-11-7-3)72-92-79(84)66-62-58-54-50-46-42-38-34-30-26-22-18-14-10-6-2/h21-22,25-27,31,33-36,38-40,44,52,56,75-77,82H,5-20,23-24,28-30,32,37,41-43,45-51,53-55,57-74H2,1-4H3,(H,87,88)(H,89,90)/b25-21-,26-22-,31-27-,36-33-,38-34-,39-35-,44-40-,56-52-/t75-,76-,77-/m1/s1. The minimum atomic E-state index is -4.99. The van der Waals surface area contributed by atoms with E-state index in [0.29, 0.717) is 32.1 Å². The highest BCUT2D eigenvalue weighted by Crippen LogP contribution is 2.45. The number of esters is 4. The average Bonchev–Trinajstić information content (AvgIpc) is 1.13. The summed E-state index contributed by atoms with van der Waals surface area (Å²) in [5.41, 5.74) is 0. The summed E-state index contributed by atoms with van der Waals surface area (Å²) in [5, 5.41) is 10.6. The van der Waals surface area contributed by atoms with Gasteiger partial charge in [-0.25, -0.2) is 9.13 Å². The molecule has 5 atom stereocenters. The van der Waals surface area contributed by atoms with Gasteiger partial charge in [0.05, 0.1) is 26.4 Å². The van der Waals surface area contributed by atoms with Crippen LogP contribution in [0.2, 0.25) is 0 Å². The van der Waals surface area contributed by atoms with Crippen LogP contribution < -0.4 is 0 Å². The number of carbonyl (C=O) groups is 4. The molecule has 17 nitrogen and oxygen atoms in total. The molecule has 100 heavy (non-hydrogen) atoms. The Kier molecular flexibility index (Phi) is 70.4. The molecule has 3 N–H and O–H groups in total. The zero-order valence-corrected chi connectivity index (χ0v) is 64.9. The monoisotopic (exact) mass is 1450 g/mol. The van der Waals surface area contributed by atoms with E-state index in [-0.39, 0.29) is 25.7 Å². The van der Waals surface area contributed by atoms with Crippen molar-refractivity contribution in [3.8, 4) is 0 Å². The van der Waals surface area contributed by atoms with Gasteiger partial charge in [-0.1, -0.05) is 285 Å². The zero-order chi connectivity index (χ0) is 73.2. The number of hydrogen-bond donors (Lipinski definition) is 3. The molecule has 0 radical (unpaired) electrons. The molecule has 0 aliphatic heterocycles. The second-order valence-electron chi connectivity index (χ2n) is 26.3. The fraction of sp³-hybridized carbons (Fsp3) is 0.753. The molecule has 0 aromatic heterocycles. The summed E-state index contributed by atoms with van der Waals surface area (Å²) in [6.07, 6.45) is 76.8. The maximum atomic E-state index is 13.1. The number of phosphoric ester groups is 2. The maximum absolute atomic E-state index is 13.1. The fourth-order valence-corrected chi connectivity index (χ4v) is 12.0. The molecule has 0 rings (SSSR count). The number of rotatable bonds is 74. The molecule has 0 amide bonds. The average molecular weight is 1450 g/mol. The molecule has 578 valence electrons. The van der Waals surface area contributed by atoms with Crippen LogP contribution in [0.4, 0.5) is 0 Å². The Balaban J connectivity index is 5.42. The van der Waals surface area contributed by atoms with Crippen LogP contribution in [-0.4, -0.2) is 96.7 Å². The van der Waals surface area contributed by atoms with Crippen molar-refractivity contribution in [1.82, 2.24) is 0 Å². The Morgan fingerprint density at radius 1 is 0.290 bits per heavy atom. The molecular formula is C81H142O17P2. The van der Waals surface area contributed by atoms with Gasteiger partial charge in [0, 0.05) is 25.7 Å². The number of ether oxygens (including phenoxy) is 4. The molecule has 0 aliphatic carbocycles. The van der Waals surface area contributed by atoms with Gasteiger partial charge in [-0.2, -0.15) is 0 Å². The van der Waals surface area contributed by atoms with Crippen molar-refractivity contribution < 1.29 is 80.2 Å². The van der Waals surface area contributed by atoms with Gasteiger partial charge in [0.1, 0.15) is 19.3 Å². The first-order valence-electron chi connectivity index (χ1n) is 39.5. The molecule has 0 fully saturated rings. The van der Waals surface area contributed by atoms with E-state index in [9.17, 15) is 43.2 Å². The van der Waals surface area contributed by atoms with Crippen molar-refractivity contribution in [3.63, 3.8) is 0 Å². The molecule has 0 saturated carbocycles. The number of aliphatic hydroxyl groups is 1. The number of phosphoric acid groups is 2. The Morgan fingerprint density at radius 3 is 0.880 bits per heavy atom. The van der Waals surface area contributed by atoms with E-state index in [4.69, 9.17) is 37.0 Å². The topological polar surface area (TPSA) is 237 Å². The van der Waals surface area contributed by atoms with Crippen LogP contribution in [0.15, 0.2) is 97.2 Å². The summed E-state index contributed by atoms with van der Waals surface area (Å²) < 4.78 is 68.5. The minimum Gasteiger partial charge on any atom is -0.462 e. The van der Waals surface area contributed by atoms with Crippen molar-refractivity contribution in [2.24, 2.45) is 0 Å². The van der Waals surface area contributed by atoms with Crippen molar-refractivity contribution in [2.45, 2.75) is 354 Å². The van der Waals surface area contributed by atoms with Crippen LogP contribution in [0, 0.1) is 0 Å². The molecule has 19 heteroatoms. The second kappa shape index (κ2) is 73.3. The van der Waals surface area contributed by atoms with E-state index in [0.717, 1.165) is 128 Å². The van der Waals surface area contributed by atoms with Crippen LogP contribution in [0.1, 0.15) is 336 Å². The predicted molar refractivity (Wildman–Crippen MR) is 409 cm³/mol. The summed E-state index contributed by atoms with van der Waals surface area (Å²) in [6, 6.07) is 0. The third-order valence-electron chi connectivity index (χ3n) is 16.5. The lowest BCUT2D eigenvalue weighted by Gasteiger charge is -2.21. The fourth-order valence-electron chi connectivity index (χ4n) is 10.5. The van der Waals surface area contributed by atoms with Gasteiger partial charge in [0.25, 0.3) is 0 Å². The molecule has 0 aliphatic rings. The Hall–Kier alpha value is -4.02. The molecule has 0 bridgehead atoms. The highest BCUT2D eigenvalue weighted by atomic mass is 31.2. The lowest BCUT2D eigenvalue weighted by Crippen LogP contribution is -2.30. The molecule has 0 spiro atoms. The number of hydrogen-bond acceptors (Lipinski definition) is 15. The molecule has 0 heterocycles. The Bertz CT molecular complexity index is 2270. The molecule has 0 aromatic carbocycles. The van der Waals surface area contributed by atoms with Crippen LogP contribution in [0.3, 0.4) is 0 Å². The normalized spacial score (nSPS) is 14.4. The van der Waals surface area contributed by atoms with E-state index < -0.39 is 97.5 Å². The molecule has 0 saturated heterocycles. The molecule has 2 unspecified atom stereocenters. The zero-order valence-electron chi connectivity index (χ0n) is 63.1. The lowest BCUT2D eigenvalue weighted by molar-refractivity contribution is -0.161. The van der Waals surface area contributed by atoms with E-state index in [2.05, 4.69) is 113 Å². The predicted octanol–water partition coefficient (Wildman–Crippen LogP) is 22.8. The summed E-state index contributed by atoms with van der Waals surface area (Å²) in [6.45, 7) is 4.73. The molecule has 0 aromatic rings. The van der Waals surface area contributed by atoms with Gasteiger partial charge < -0.3 is 33.8 Å². The van der Waals surface area contributed by atoms with E-state index in [1.54, 1.807) is 0 Å². The highest BCUT2D eigenvalue weighted by molar-refractivity contribution is 7.47. The van der Waals surface area contributed by atoms with E-state index in [1.165, 1.54) is 122 Å². The SMILES string of the molecule is CCCCC/C=C\C/C=C\C/C=C\C/C=C\CCCC(=O)O[C@H](COC(=O)CCCCCCCCCCCCCCC)COP(=O)(O)OC[C@@H](O)COP(=O)(O)OC[C@@H](COC(=O)CCCCCCC/C=C\C/C=C\CCCCC)OC(=O)CCCCCCC/C=C\C=C/CCCCCC. The number of carbonyl (C=O) groups excluding carboxylic acids is 4.